The maximum atomic E-state index is 9.73. The fourth-order valence-corrected chi connectivity index (χ4v) is 0. The number of halogens is 15. The molecule has 0 fully saturated rings. The Morgan fingerprint density at radius 2 is 0.238 bits per heavy atom. The van der Waals surface area contributed by atoms with Crippen molar-refractivity contribution in [1.29, 1.82) is 0 Å². The van der Waals surface area contributed by atoms with Crippen LogP contribution in [0.2, 0.25) is 0 Å². The molecule has 21 heavy (non-hydrogen) atoms. The van der Waals surface area contributed by atoms with Crippen molar-refractivity contribution in [2.24, 2.45) is 0 Å². The molecule has 0 radical (unpaired) electrons. The molecule has 0 atom stereocenters. The van der Waals surface area contributed by atoms with Crippen molar-refractivity contribution in [3.63, 3.8) is 0 Å². The van der Waals surface area contributed by atoms with Crippen molar-refractivity contribution >= 4 is 44.3 Å². The summed E-state index contributed by atoms with van der Waals surface area (Å²) in [6.45, 7) is 0. The fourth-order valence-electron chi connectivity index (χ4n) is 0. The van der Waals surface area contributed by atoms with Crippen molar-refractivity contribution in [2.45, 2.75) is 0 Å². The third kappa shape index (κ3) is 2850. The zero-order valence-corrected chi connectivity index (χ0v) is 14.5. The minimum atomic E-state index is -4.12. The maximum Gasteiger partial charge on any atom is 0.456 e. The van der Waals surface area contributed by atoms with Crippen LogP contribution in [0.1, 0.15) is 0 Å². The van der Waals surface area contributed by atoms with E-state index < -0.39 is 44.3 Å². The van der Waals surface area contributed by atoms with Gasteiger partial charge in [0, 0.05) is 19.5 Å². The van der Waals surface area contributed by atoms with Gasteiger partial charge < -0.3 is 0 Å². The zero-order chi connectivity index (χ0) is 17.9. The molecule has 0 rings (SSSR count). The molecule has 0 aromatic heterocycles. The van der Waals surface area contributed by atoms with Crippen molar-refractivity contribution in [1.82, 2.24) is 0 Å². The minimum Gasteiger partial charge on any atom is -0.152 e. The van der Waals surface area contributed by atoms with E-state index in [0.29, 0.717) is 0 Å². The van der Waals surface area contributed by atoms with E-state index in [-0.39, 0.29) is 19.5 Å². The van der Waals surface area contributed by atoms with Gasteiger partial charge in [-0.3, -0.25) is 0 Å². The van der Waals surface area contributed by atoms with Gasteiger partial charge >= 0.3 is 44.3 Å². The number of hydrogen-bond acceptors (Lipinski definition) is 0. The van der Waals surface area contributed by atoms with Gasteiger partial charge in [0.15, 0.2) is 0 Å². The SMILES string of the molecule is FP(F)F.FP(F)F.FP(F)F.FP(F)F.FP(F)F.[Ru]. The summed E-state index contributed by atoms with van der Waals surface area (Å²) in [5.74, 6) is 0. The van der Waals surface area contributed by atoms with Crippen LogP contribution in [0.15, 0.2) is 0 Å². The molecule has 0 spiro atoms. The van der Waals surface area contributed by atoms with Crippen LogP contribution in [0.5, 0.6) is 0 Å². The van der Waals surface area contributed by atoms with Gasteiger partial charge in [0.2, 0.25) is 0 Å². The third-order valence-electron chi connectivity index (χ3n) is 0. The Bertz CT molecular complexity index is 80.6. The topological polar surface area (TPSA) is 0 Å². The van der Waals surface area contributed by atoms with E-state index in [1.54, 1.807) is 0 Å². The van der Waals surface area contributed by atoms with Gasteiger partial charge in [-0.05, 0) is 0 Å². The monoisotopic (exact) mass is 542 g/mol. The minimum absolute atomic E-state index is 0. The second-order valence-electron chi connectivity index (χ2n) is 0.958. The predicted molar refractivity (Wildman–Crippen MR) is 51.2 cm³/mol. The Kier molecular flexibility index (Phi) is 60.9. The average molecular weight is 541 g/mol. The Hall–Kier alpha value is 1.72. The summed E-state index contributed by atoms with van der Waals surface area (Å²) >= 11 is 0. The van der Waals surface area contributed by atoms with Crippen LogP contribution in [0.3, 0.4) is 0 Å². The molecular formula is F15P5Ru. The molecule has 0 amide bonds. The summed E-state index contributed by atoms with van der Waals surface area (Å²) in [5, 5.41) is 0. The molecule has 0 aliphatic carbocycles. The Balaban J connectivity index is -0.0000000331. The maximum absolute atomic E-state index is 9.73. The van der Waals surface area contributed by atoms with Crippen LogP contribution in [0.4, 0.5) is 63.0 Å². The van der Waals surface area contributed by atoms with Crippen molar-refractivity contribution in [2.75, 3.05) is 0 Å². The fraction of sp³-hybridized carbons (Fsp3) is 0. The molecule has 0 heterocycles. The summed E-state index contributed by atoms with van der Waals surface area (Å²) in [5.41, 5.74) is 0. The Labute approximate surface area is 127 Å². The van der Waals surface area contributed by atoms with Crippen molar-refractivity contribution in [3.05, 3.63) is 0 Å². The zero-order valence-electron chi connectivity index (χ0n) is 8.26. The van der Waals surface area contributed by atoms with Crippen LogP contribution in [-0.4, -0.2) is 0 Å². The normalized spacial score (nSPS) is 8.57. The number of rotatable bonds is 0. The molecule has 0 saturated heterocycles. The summed E-state index contributed by atoms with van der Waals surface area (Å²) in [6.07, 6.45) is 0. The average Bonchev–Trinajstić information content (AvgIpc) is 1.94. The van der Waals surface area contributed by atoms with Gasteiger partial charge in [0.05, 0.1) is 0 Å². The molecule has 21 heteroatoms. The summed E-state index contributed by atoms with van der Waals surface area (Å²) in [4.78, 5) is 0. The van der Waals surface area contributed by atoms with Gasteiger partial charge in [-0.15, -0.1) is 0 Å². The van der Waals surface area contributed by atoms with Crippen molar-refractivity contribution < 1.29 is 82.4 Å². The Morgan fingerprint density at radius 3 is 0.238 bits per heavy atom. The van der Waals surface area contributed by atoms with E-state index in [1.807, 2.05) is 0 Å². The van der Waals surface area contributed by atoms with E-state index in [4.69, 9.17) is 0 Å². The molecule has 0 nitrogen and oxygen atoms in total. The molecule has 0 aliphatic heterocycles. The standard InChI is InChI=1S/5F3P.Ru/c5*1-4(2)3;. The Morgan fingerprint density at radius 1 is 0.238 bits per heavy atom. The van der Waals surface area contributed by atoms with E-state index in [0.717, 1.165) is 0 Å². The molecule has 0 saturated carbocycles. The van der Waals surface area contributed by atoms with Gasteiger partial charge in [0.25, 0.3) is 0 Å². The van der Waals surface area contributed by atoms with Gasteiger partial charge in [-0.1, -0.05) is 0 Å². The van der Waals surface area contributed by atoms with E-state index >= 15 is 0 Å². The van der Waals surface area contributed by atoms with Crippen LogP contribution in [0.25, 0.3) is 0 Å². The molecule has 0 N–H and O–H groups in total. The summed E-state index contributed by atoms with van der Waals surface area (Å²) in [6, 6.07) is 0. The van der Waals surface area contributed by atoms with Gasteiger partial charge in [0.1, 0.15) is 0 Å². The van der Waals surface area contributed by atoms with Crippen LogP contribution in [-0.2, 0) is 19.5 Å². The second kappa shape index (κ2) is 33.4. The predicted octanol–water partition coefficient (Wildman–Crippen LogP) is 10.6. The van der Waals surface area contributed by atoms with E-state index in [1.165, 1.54) is 0 Å². The second-order valence-corrected chi connectivity index (χ2v) is 2.87. The first kappa shape index (κ1) is 38.3. The molecule has 0 aromatic rings. The number of hydrogen-bond donors (Lipinski definition) is 0. The molecular weight excluding hydrogens is 541 g/mol. The van der Waals surface area contributed by atoms with Crippen LogP contribution >= 0.6 is 44.3 Å². The molecule has 0 aliphatic rings. The van der Waals surface area contributed by atoms with Crippen LogP contribution in [0, 0.1) is 0 Å². The molecule has 0 bridgehead atoms. The third-order valence-corrected chi connectivity index (χ3v) is 0. The molecule has 138 valence electrons. The van der Waals surface area contributed by atoms with Crippen molar-refractivity contribution in [3.8, 4) is 0 Å². The summed E-state index contributed by atoms with van der Waals surface area (Å²) < 4.78 is 146. The smallest absolute Gasteiger partial charge is 0.152 e. The first-order valence-corrected chi connectivity index (χ1v) is 7.61. The van der Waals surface area contributed by atoms with Gasteiger partial charge in [-0.25, -0.2) is 0 Å². The first-order chi connectivity index (χ1) is 8.66. The quantitative estimate of drug-likeness (QED) is 0.163. The summed E-state index contributed by atoms with van der Waals surface area (Å²) in [7, 11) is -20.6. The molecule has 0 unspecified atom stereocenters. The van der Waals surface area contributed by atoms with Gasteiger partial charge in [-0.2, -0.15) is 63.0 Å². The molecule has 0 aromatic carbocycles. The van der Waals surface area contributed by atoms with E-state index in [2.05, 4.69) is 0 Å². The largest absolute Gasteiger partial charge is 0.456 e. The van der Waals surface area contributed by atoms with Crippen LogP contribution < -0.4 is 0 Å². The van der Waals surface area contributed by atoms with E-state index in [9.17, 15) is 63.0 Å². The first-order valence-electron chi connectivity index (χ1n) is 2.54.